The molecule has 2 unspecified atom stereocenters. The molecule has 1 saturated heterocycles. The molecule has 1 fully saturated rings. The van der Waals surface area contributed by atoms with Crippen molar-refractivity contribution in [3.8, 4) is 0 Å². The highest BCUT2D eigenvalue weighted by Gasteiger charge is 2.31. The summed E-state index contributed by atoms with van der Waals surface area (Å²) in [4.78, 5) is 13.0. The first-order valence-electron chi connectivity index (χ1n) is 5.96. The molecule has 0 spiro atoms. The van der Waals surface area contributed by atoms with Crippen molar-refractivity contribution in [3.63, 3.8) is 0 Å². The minimum Gasteiger partial charge on any atom is -0.394 e. The van der Waals surface area contributed by atoms with Gasteiger partial charge in [-0.3, -0.25) is 10.1 Å². The third-order valence-corrected chi connectivity index (χ3v) is 4.35. The summed E-state index contributed by atoms with van der Waals surface area (Å²) in [6.45, 7) is 2.75. The van der Waals surface area contributed by atoms with Crippen molar-refractivity contribution in [2.75, 3.05) is 31.3 Å². The number of ether oxygens (including phenoxy) is 1. The summed E-state index contributed by atoms with van der Waals surface area (Å²) in [7, 11) is 0. The molecular formula is C11H16N2O5S. The smallest absolute Gasteiger partial charge is 0.304 e. The van der Waals surface area contributed by atoms with Crippen LogP contribution in [0.5, 0.6) is 0 Å². The Hall–Kier alpha value is -1.22. The van der Waals surface area contributed by atoms with E-state index in [2.05, 4.69) is 0 Å². The van der Waals surface area contributed by atoms with Gasteiger partial charge in [-0.2, -0.15) is 0 Å². The summed E-state index contributed by atoms with van der Waals surface area (Å²) < 4.78 is 5.26. The Kier molecular flexibility index (Phi) is 4.35. The molecule has 0 bridgehead atoms. The molecule has 1 aliphatic rings. The molecule has 1 aliphatic heterocycles. The number of aliphatic hydroxyl groups excluding tert-OH is 2. The monoisotopic (exact) mass is 288 g/mol. The Bertz CT molecular complexity index is 462. The van der Waals surface area contributed by atoms with Crippen molar-refractivity contribution in [2.45, 2.75) is 19.1 Å². The topological polar surface area (TPSA) is 96.1 Å². The average molecular weight is 288 g/mol. The lowest BCUT2D eigenvalue weighted by Gasteiger charge is -2.34. The number of nitrogens with zero attached hydrogens (tertiary/aromatic N) is 2. The Morgan fingerprint density at radius 2 is 2.47 bits per heavy atom. The molecule has 2 atom stereocenters. The Morgan fingerprint density at radius 3 is 3.05 bits per heavy atom. The zero-order valence-corrected chi connectivity index (χ0v) is 11.3. The van der Waals surface area contributed by atoms with Crippen molar-refractivity contribution in [2.24, 2.45) is 0 Å². The number of nitro groups is 1. The highest BCUT2D eigenvalue weighted by molar-refractivity contribution is 7.16. The Labute approximate surface area is 114 Å². The minimum absolute atomic E-state index is 0.0266. The lowest BCUT2D eigenvalue weighted by atomic mass is 10.2. The van der Waals surface area contributed by atoms with Gasteiger partial charge in [-0.25, -0.2) is 0 Å². The van der Waals surface area contributed by atoms with Gasteiger partial charge in [0.2, 0.25) is 0 Å². The van der Waals surface area contributed by atoms with E-state index in [1.165, 1.54) is 17.4 Å². The maximum absolute atomic E-state index is 11.1. The van der Waals surface area contributed by atoms with Crippen LogP contribution in [-0.2, 0) is 4.74 Å². The second kappa shape index (κ2) is 5.83. The van der Waals surface area contributed by atoms with Gasteiger partial charge < -0.3 is 19.8 Å². The van der Waals surface area contributed by atoms with Gasteiger partial charge >= 0.3 is 5.69 Å². The van der Waals surface area contributed by atoms with Gasteiger partial charge in [0, 0.05) is 17.5 Å². The summed E-state index contributed by atoms with van der Waals surface area (Å²) in [5.41, 5.74) is -0.0266. The molecule has 8 heteroatoms. The largest absolute Gasteiger partial charge is 0.394 e. The van der Waals surface area contributed by atoms with Crippen LogP contribution in [0.15, 0.2) is 6.07 Å². The second-order valence-electron chi connectivity index (χ2n) is 4.38. The fourth-order valence-electron chi connectivity index (χ4n) is 2.01. The van der Waals surface area contributed by atoms with Crippen LogP contribution < -0.4 is 4.90 Å². The van der Waals surface area contributed by atoms with Gasteiger partial charge in [0.15, 0.2) is 5.00 Å². The molecule has 19 heavy (non-hydrogen) atoms. The summed E-state index contributed by atoms with van der Waals surface area (Å²) in [6, 6.07) is 1.11. The summed E-state index contributed by atoms with van der Waals surface area (Å²) in [6.07, 6.45) is -0.744. The van der Waals surface area contributed by atoms with Crippen LogP contribution >= 0.6 is 11.3 Å². The number of morpholine rings is 1. The summed E-state index contributed by atoms with van der Waals surface area (Å²) >= 11 is 1.19. The van der Waals surface area contributed by atoms with E-state index in [4.69, 9.17) is 4.74 Å². The van der Waals surface area contributed by atoms with Gasteiger partial charge in [-0.1, -0.05) is 0 Å². The third-order valence-electron chi connectivity index (χ3n) is 3.02. The molecule has 0 saturated carbocycles. The lowest BCUT2D eigenvalue weighted by Crippen LogP contribution is -2.47. The SMILES string of the molecule is CC(O)c1cc([N+](=O)[O-])c(N2CCOCC2CO)s1. The van der Waals surface area contributed by atoms with Crippen LogP contribution in [0.2, 0.25) is 0 Å². The van der Waals surface area contributed by atoms with E-state index in [1.807, 2.05) is 0 Å². The standard InChI is InChI=1S/C11H16N2O5S/c1-7(15)10-4-9(13(16)17)11(19-10)12-2-3-18-6-8(12)5-14/h4,7-8,14-15H,2-3,5-6H2,1H3. The van der Waals surface area contributed by atoms with E-state index in [-0.39, 0.29) is 18.3 Å². The molecule has 2 rings (SSSR count). The minimum atomic E-state index is -0.744. The third kappa shape index (κ3) is 2.86. The number of anilines is 1. The normalized spacial score (nSPS) is 21.4. The van der Waals surface area contributed by atoms with Crippen LogP contribution in [0.25, 0.3) is 0 Å². The predicted molar refractivity (Wildman–Crippen MR) is 70.6 cm³/mol. The van der Waals surface area contributed by atoms with Crippen LogP contribution in [0, 0.1) is 10.1 Å². The predicted octanol–water partition coefficient (Wildman–Crippen LogP) is 0.907. The molecule has 0 amide bonds. The Morgan fingerprint density at radius 1 is 1.74 bits per heavy atom. The quantitative estimate of drug-likeness (QED) is 0.631. The molecular weight excluding hydrogens is 272 g/mol. The summed E-state index contributed by atoms with van der Waals surface area (Å²) in [5.74, 6) is 0. The summed E-state index contributed by atoms with van der Waals surface area (Å²) in [5, 5.41) is 30.5. The van der Waals surface area contributed by atoms with Crippen LogP contribution in [0.1, 0.15) is 17.9 Å². The molecule has 7 nitrogen and oxygen atoms in total. The Balaban J connectivity index is 2.38. The van der Waals surface area contributed by atoms with Gasteiger partial charge in [0.25, 0.3) is 0 Å². The van der Waals surface area contributed by atoms with Crippen LogP contribution in [-0.4, -0.2) is 47.5 Å². The van der Waals surface area contributed by atoms with Gasteiger partial charge in [-0.15, -0.1) is 11.3 Å². The van der Waals surface area contributed by atoms with Crippen molar-refractivity contribution in [1.29, 1.82) is 0 Å². The van der Waals surface area contributed by atoms with E-state index in [9.17, 15) is 20.3 Å². The first-order valence-corrected chi connectivity index (χ1v) is 6.77. The van der Waals surface area contributed by atoms with E-state index >= 15 is 0 Å². The molecule has 2 heterocycles. The maximum atomic E-state index is 11.1. The molecule has 106 valence electrons. The fourth-order valence-corrected chi connectivity index (χ4v) is 3.17. The van der Waals surface area contributed by atoms with E-state index in [1.54, 1.807) is 11.8 Å². The van der Waals surface area contributed by atoms with Gasteiger partial charge in [0.1, 0.15) is 0 Å². The average Bonchev–Trinajstić information content (AvgIpc) is 2.83. The zero-order valence-electron chi connectivity index (χ0n) is 10.5. The van der Waals surface area contributed by atoms with E-state index in [0.29, 0.717) is 29.6 Å². The zero-order chi connectivity index (χ0) is 14.0. The molecule has 1 aromatic rings. The van der Waals surface area contributed by atoms with Crippen molar-refractivity contribution < 1.29 is 19.9 Å². The van der Waals surface area contributed by atoms with Crippen molar-refractivity contribution in [3.05, 3.63) is 21.1 Å². The number of hydrogen-bond donors (Lipinski definition) is 2. The van der Waals surface area contributed by atoms with Gasteiger partial charge in [-0.05, 0) is 6.92 Å². The van der Waals surface area contributed by atoms with Crippen molar-refractivity contribution >= 4 is 22.0 Å². The lowest BCUT2D eigenvalue weighted by molar-refractivity contribution is -0.383. The molecule has 2 N–H and O–H groups in total. The maximum Gasteiger partial charge on any atom is 0.304 e. The fraction of sp³-hybridized carbons (Fsp3) is 0.636. The molecule has 0 aliphatic carbocycles. The van der Waals surface area contributed by atoms with E-state index < -0.39 is 11.0 Å². The second-order valence-corrected chi connectivity index (χ2v) is 5.44. The number of aliphatic hydroxyl groups is 2. The van der Waals surface area contributed by atoms with Crippen molar-refractivity contribution in [1.82, 2.24) is 0 Å². The first kappa shape index (κ1) is 14.2. The van der Waals surface area contributed by atoms with Gasteiger partial charge in [0.05, 0.1) is 36.9 Å². The van der Waals surface area contributed by atoms with E-state index in [0.717, 1.165) is 0 Å². The molecule has 0 radical (unpaired) electrons. The highest BCUT2D eigenvalue weighted by Crippen LogP contribution is 2.41. The van der Waals surface area contributed by atoms with Crippen LogP contribution in [0.4, 0.5) is 10.7 Å². The van der Waals surface area contributed by atoms with Crippen LogP contribution in [0.3, 0.4) is 0 Å². The number of hydrogen-bond acceptors (Lipinski definition) is 7. The number of thiophene rings is 1. The first-order chi connectivity index (χ1) is 9.04. The molecule has 1 aromatic heterocycles. The number of rotatable bonds is 4. The highest BCUT2D eigenvalue weighted by atomic mass is 32.1. The molecule has 0 aromatic carbocycles.